The second-order valence-electron chi connectivity index (χ2n) is 6.43. The van der Waals surface area contributed by atoms with Crippen molar-refractivity contribution in [2.45, 2.75) is 20.0 Å². The van der Waals surface area contributed by atoms with Gasteiger partial charge in [-0.05, 0) is 24.1 Å². The van der Waals surface area contributed by atoms with Crippen LogP contribution in [-0.4, -0.2) is 63.9 Å². The Hall–Kier alpha value is -1.79. The van der Waals surface area contributed by atoms with E-state index in [4.69, 9.17) is 14.2 Å². The van der Waals surface area contributed by atoms with Crippen LogP contribution in [0.15, 0.2) is 18.2 Å². The Balaban J connectivity index is 1.88. The summed E-state index contributed by atoms with van der Waals surface area (Å²) in [5, 5.41) is 2.94. The number of carbonyl (C=O) groups is 1. The molecule has 1 aliphatic rings. The molecule has 1 aromatic carbocycles. The van der Waals surface area contributed by atoms with Gasteiger partial charge in [0.2, 0.25) is 0 Å². The fraction of sp³-hybridized carbons (Fsp3) is 0.611. The fourth-order valence-corrected chi connectivity index (χ4v) is 2.87. The van der Waals surface area contributed by atoms with Crippen LogP contribution in [0, 0.1) is 5.92 Å². The third-order valence-electron chi connectivity index (χ3n) is 3.98. The molecule has 0 spiro atoms. The largest absolute Gasteiger partial charge is 0.493 e. The van der Waals surface area contributed by atoms with E-state index in [9.17, 15) is 4.79 Å². The van der Waals surface area contributed by atoms with E-state index in [0.717, 1.165) is 19.6 Å². The average Bonchev–Trinajstić information content (AvgIpc) is 2.58. The SMILES string of the molecule is COc1ccc(C(=O)NC[C@H]2CN(CC(C)C)CCO2)cc1OC. The molecule has 0 radical (unpaired) electrons. The van der Waals surface area contributed by atoms with Crippen LogP contribution in [0.2, 0.25) is 0 Å². The summed E-state index contributed by atoms with van der Waals surface area (Å²) in [5.41, 5.74) is 0.544. The Labute approximate surface area is 144 Å². The lowest BCUT2D eigenvalue weighted by Gasteiger charge is -2.33. The van der Waals surface area contributed by atoms with Gasteiger partial charge in [-0.3, -0.25) is 9.69 Å². The molecule has 0 unspecified atom stereocenters. The molecule has 2 rings (SSSR count). The van der Waals surface area contributed by atoms with Gasteiger partial charge in [0.05, 0.1) is 26.9 Å². The zero-order valence-electron chi connectivity index (χ0n) is 15.0. The molecule has 0 bridgehead atoms. The van der Waals surface area contributed by atoms with Gasteiger partial charge in [-0.25, -0.2) is 0 Å². The molecule has 24 heavy (non-hydrogen) atoms. The minimum absolute atomic E-state index is 0.0293. The summed E-state index contributed by atoms with van der Waals surface area (Å²) < 4.78 is 16.2. The lowest BCUT2D eigenvalue weighted by Crippen LogP contribution is -2.48. The highest BCUT2D eigenvalue weighted by Crippen LogP contribution is 2.27. The molecule has 1 amide bonds. The van der Waals surface area contributed by atoms with Crippen molar-refractivity contribution in [2.75, 3.05) is 47.0 Å². The van der Waals surface area contributed by atoms with Crippen LogP contribution in [0.4, 0.5) is 0 Å². The van der Waals surface area contributed by atoms with Crippen molar-refractivity contribution in [1.82, 2.24) is 10.2 Å². The lowest BCUT2D eigenvalue weighted by molar-refractivity contribution is -0.0295. The highest BCUT2D eigenvalue weighted by Gasteiger charge is 2.21. The van der Waals surface area contributed by atoms with Gasteiger partial charge in [0.1, 0.15) is 0 Å². The number of nitrogens with zero attached hydrogens (tertiary/aromatic N) is 1. The average molecular weight is 336 g/mol. The number of hydrogen-bond acceptors (Lipinski definition) is 5. The van der Waals surface area contributed by atoms with Gasteiger partial charge in [0, 0.05) is 31.7 Å². The maximum absolute atomic E-state index is 12.3. The predicted molar refractivity (Wildman–Crippen MR) is 92.9 cm³/mol. The molecule has 1 aliphatic heterocycles. The van der Waals surface area contributed by atoms with Gasteiger partial charge in [0.25, 0.3) is 5.91 Å². The number of amides is 1. The molecule has 1 N–H and O–H groups in total. The molecule has 0 aromatic heterocycles. The summed E-state index contributed by atoms with van der Waals surface area (Å²) in [7, 11) is 3.12. The van der Waals surface area contributed by atoms with Crippen molar-refractivity contribution in [3.63, 3.8) is 0 Å². The molecular formula is C18H28N2O4. The van der Waals surface area contributed by atoms with E-state index in [1.54, 1.807) is 32.4 Å². The first kappa shape index (κ1) is 18.5. The first-order chi connectivity index (χ1) is 11.5. The van der Waals surface area contributed by atoms with Crippen molar-refractivity contribution in [3.05, 3.63) is 23.8 Å². The van der Waals surface area contributed by atoms with Crippen molar-refractivity contribution >= 4 is 5.91 Å². The number of methoxy groups -OCH3 is 2. The van der Waals surface area contributed by atoms with Crippen LogP contribution in [0.5, 0.6) is 11.5 Å². The smallest absolute Gasteiger partial charge is 0.251 e. The number of morpholine rings is 1. The zero-order valence-corrected chi connectivity index (χ0v) is 15.0. The van der Waals surface area contributed by atoms with Crippen molar-refractivity contribution in [3.8, 4) is 11.5 Å². The van der Waals surface area contributed by atoms with E-state index in [-0.39, 0.29) is 12.0 Å². The number of carbonyl (C=O) groups excluding carboxylic acids is 1. The minimum atomic E-state index is -0.138. The molecule has 1 saturated heterocycles. The summed E-state index contributed by atoms with van der Waals surface area (Å²) in [5.74, 6) is 1.64. The van der Waals surface area contributed by atoms with Crippen LogP contribution >= 0.6 is 0 Å². The van der Waals surface area contributed by atoms with Crippen LogP contribution in [0.3, 0.4) is 0 Å². The Morgan fingerprint density at radius 1 is 1.33 bits per heavy atom. The van der Waals surface area contributed by atoms with Crippen LogP contribution in [0.25, 0.3) is 0 Å². The number of ether oxygens (including phenoxy) is 3. The monoisotopic (exact) mass is 336 g/mol. The maximum Gasteiger partial charge on any atom is 0.251 e. The molecule has 1 heterocycles. The minimum Gasteiger partial charge on any atom is -0.493 e. The first-order valence-electron chi connectivity index (χ1n) is 8.37. The Morgan fingerprint density at radius 2 is 2.08 bits per heavy atom. The molecule has 6 heteroatoms. The molecule has 0 aliphatic carbocycles. The van der Waals surface area contributed by atoms with Crippen LogP contribution in [0.1, 0.15) is 24.2 Å². The Bertz CT molecular complexity index is 548. The number of rotatable bonds is 7. The number of hydrogen-bond donors (Lipinski definition) is 1. The van der Waals surface area contributed by atoms with Crippen molar-refractivity contribution in [2.24, 2.45) is 5.92 Å². The third kappa shape index (κ3) is 5.11. The predicted octanol–water partition coefficient (Wildman–Crippen LogP) is 1.79. The molecule has 1 atom stereocenters. The lowest BCUT2D eigenvalue weighted by atomic mass is 10.1. The van der Waals surface area contributed by atoms with Crippen molar-refractivity contribution in [1.29, 1.82) is 0 Å². The zero-order chi connectivity index (χ0) is 17.5. The molecule has 134 valence electrons. The highest BCUT2D eigenvalue weighted by atomic mass is 16.5. The topological polar surface area (TPSA) is 60.0 Å². The molecule has 0 saturated carbocycles. The van der Waals surface area contributed by atoms with Gasteiger partial charge in [-0.1, -0.05) is 13.8 Å². The van der Waals surface area contributed by atoms with Crippen LogP contribution in [-0.2, 0) is 4.74 Å². The number of benzene rings is 1. The Kier molecular flexibility index (Phi) is 6.87. The number of nitrogens with one attached hydrogen (secondary N) is 1. The van der Waals surface area contributed by atoms with Gasteiger partial charge in [-0.15, -0.1) is 0 Å². The summed E-state index contributed by atoms with van der Waals surface area (Å²) in [6.45, 7) is 8.50. The second kappa shape index (κ2) is 8.89. The normalized spacial score (nSPS) is 18.5. The Morgan fingerprint density at radius 3 is 2.75 bits per heavy atom. The second-order valence-corrected chi connectivity index (χ2v) is 6.43. The van der Waals surface area contributed by atoms with Gasteiger partial charge in [0.15, 0.2) is 11.5 Å². The molecule has 1 fully saturated rings. The van der Waals surface area contributed by atoms with Gasteiger partial charge in [-0.2, -0.15) is 0 Å². The van der Waals surface area contributed by atoms with Crippen molar-refractivity contribution < 1.29 is 19.0 Å². The third-order valence-corrected chi connectivity index (χ3v) is 3.98. The summed E-state index contributed by atoms with van der Waals surface area (Å²) >= 11 is 0. The summed E-state index contributed by atoms with van der Waals surface area (Å²) in [6.07, 6.45) is 0.0293. The summed E-state index contributed by atoms with van der Waals surface area (Å²) in [6, 6.07) is 5.14. The van der Waals surface area contributed by atoms with E-state index in [0.29, 0.717) is 36.1 Å². The molecule has 6 nitrogen and oxygen atoms in total. The quantitative estimate of drug-likeness (QED) is 0.823. The fourth-order valence-electron chi connectivity index (χ4n) is 2.87. The van der Waals surface area contributed by atoms with Crippen LogP contribution < -0.4 is 14.8 Å². The van der Waals surface area contributed by atoms with E-state index < -0.39 is 0 Å². The van der Waals surface area contributed by atoms with Gasteiger partial charge >= 0.3 is 0 Å². The summed E-state index contributed by atoms with van der Waals surface area (Å²) in [4.78, 5) is 14.7. The standard InChI is InChI=1S/C18H28N2O4/c1-13(2)11-20-7-8-24-15(12-20)10-19-18(21)14-5-6-16(22-3)17(9-14)23-4/h5-6,9,13,15H,7-8,10-12H2,1-4H3,(H,19,21)/t15-/m0/s1. The van der Waals surface area contributed by atoms with E-state index in [1.807, 2.05) is 0 Å². The van der Waals surface area contributed by atoms with Gasteiger partial charge < -0.3 is 19.5 Å². The molecular weight excluding hydrogens is 308 g/mol. The van der Waals surface area contributed by atoms with E-state index in [2.05, 4.69) is 24.1 Å². The van der Waals surface area contributed by atoms with E-state index in [1.165, 1.54) is 0 Å². The highest BCUT2D eigenvalue weighted by molar-refractivity contribution is 5.94. The maximum atomic E-state index is 12.3. The first-order valence-corrected chi connectivity index (χ1v) is 8.37. The van der Waals surface area contributed by atoms with E-state index >= 15 is 0 Å². The molecule has 1 aromatic rings.